The van der Waals surface area contributed by atoms with Crippen molar-refractivity contribution < 1.29 is 19.4 Å². The summed E-state index contributed by atoms with van der Waals surface area (Å²) in [6, 6.07) is 0. The quantitative estimate of drug-likeness (QED) is 0.648. The molecule has 0 aromatic carbocycles. The molecule has 1 saturated heterocycles. The van der Waals surface area contributed by atoms with Gasteiger partial charge in [-0.3, -0.25) is 0 Å². The van der Waals surface area contributed by atoms with Crippen LogP contribution in [0.2, 0.25) is 0 Å². The minimum Gasteiger partial charge on any atom is -0.472 e. The van der Waals surface area contributed by atoms with Crippen molar-refractivity contribution in [2.45, 2.75) is 32.8 Å². The van der Waals surface area contributed by atoms with Crippen LogP contribution in [0.5, 0.6) is 0 Å². The standard InChI is InChI=1S/C12H17NO4/c1-12(2,3)17-11(16)13-7-6-9(8-13)4-5-10(14)15/h9H,6-8H2,1-3H3,(H,14,15). The molecule has 1 aliphatic heterocycles. The first kappa shape index (κ1) is 13.4. The lowest BCUT2D eigenvalue weighted by Crippen LogP contribution is -2.35. The van der Waals surface area contributed by atoms with Crippen molar-refractivity contribution in [2.24, 2.45) is 5.92 Å². The molecule has 1 fully saturated rings. The van der Waals surface area contributed by atoms with Gasteiger partial charge in [0.1, 0.15) is 5.60 Å². The molecule has 0 radical (unpaired) electrons. The van der Waals surface area contributed by atoms with Crippen LogP contribution >= 0.6 is 0 Å². The van der Waals surface area contributed by atoms with Gasteiger partial charge in [-0.15, -0.1) is 0 Å². The molecule has 0 aromatic heterocycles. The Bertz CT molecular complexity index is 372. The third-order valence-electron chi connectivity index (χ3n) is 2.22. The first-order chi connectivity index (χ1) is 7.78. The van der Waals surface area contributed by atoms with E-state index in [1.165, 1.54) is 0 Å². The lowest BCUT2D eigenvalue weighted by molar-refractivity contribution is -0.130. The number of carbonyl (C=O) groups is 2. The van der Waals surface area contributed by atoms with Crippen LogP contribution in [-0.4, -0.2) is 40.8 Å². The maximum absolute atomic E-state index is 11.7. The van der Waals surface area contributed by atoms with Crippen LogP contribution in [0.3, 0.4) is 0 Å². The fourth-order valence-electron chi connectivity index (χ4n) is 1.53. The SMILES string of the molecule is CC(C)(C)OC(=O)N1CCC(C#CC(=O)O)C1. The van der Waals surface area contributed by atoms with Gasteiger partial charge in [-0.2, -0.15) is 0 Å². The maximum Gasteiger partial charge on any atom is 0.410 e. The van der Waals surface area contributed by atoms with E-state index in [1.54, 1.807) is 4.90 Å². The van der Waals surface area contributed by atoms with Crippen molar-refractivity contribution in [3.05, 3.63) is 0 Å². The molecule has 1 atom stereocenters. The highest BCUT2D eigenvalue weighted by molar-refractivity contribution is 5.86. The second kappa shape index (κ2) is 5.09. The maximum atomic E-state index is 11.7. The van der Waals surface area contributed by atoms with Crippen molar-refractivity contribution in [3.8, 4) is 11.8 Å². The third kappa shape index (κ3) is 4.77. The molecule has 0 saturated carbocycles. The van der Waals surface area contributed by atoms with Crippen LogP contribution in [0.25, 0.3) is 0 Å². The summed E-state index contributed by atoms with van der Waals surface area (Å²) in [5.41, 5.74) is -0.512. The summed E-state index contributed by atoms with van der Waals surface area (Å²) >= 11 is 0. The van der Waals surface area contributed by atoms with Crippen LogP contribution in [0.4, 0.5) is 4.79 Å². The molecule has 1 rings (SSSR count). The normalized spacial score (nSPS) is 19.5. The first-order valence-electron chi connectivity index (χ1n) is 5.50. The lowest BCUT2D eigenvalue weighted by Gasteiger charge is -2.24. The lowest BCUT2D eigenvalue weighted by atomic mass is 10.1. The van der Waals surface area contributed by atoms with Crippen molar-refractivity contribution in [2.75, 3.05) is 13.1 Å². The van der Waals surface area contributed by atoms with Gasteiger partial charge in [0.2, 0.25) is 0 Å². The number of likely N-dealkylation sites (tertiary alicyclic amines) is 1. The van der Waals surface area contributed by atoms with Crippen LogP contribution in [0.15, 0.2) is 0 Å². The number of hydrogen-bond acceptors (Lipinski definition) is 3. The molecule has 1 heterocycles. The van der Waals surface area contributed by atoms with Gasteiger partial charge >= 0.3 is 12.1 Å². The molecule has 5 nitrogen and oxygen atoms in total. The van der Waals surface area contributed by atoms with Crippen LogP contribution in [0.1, 0.15) is 27.2 Å². The fourth-order valence-corrected chi connectivity index (χ4v) is 1.53. The number of carboxylic acids is 1. The molecule has 0 bridgehead atoms. The van der Waals surface area contributed by atoms with Gasteiger partial charge in [0.25, 0.3) is 0 Å². The van der Waals surface area contributed by atoms with Gasteiger partial charge < -0.3 is 14.7 Å². The highest BCUT2D eigenvalue weighted by Crippen LogP contribution is 2.18. The van der Waals surface area contributed by atoms with E-state index in [0.717, 1.165) is 0 Å². The Labute approximate surface area is 101 Å². The van der Waals surface area contributed by atoms with Crippen molar-refractivity contribution in [1.29, 1.82) is 0 Å². The van der Waals surface area contributed by atoms with Crippen LogP contribution in [0, 0.1) is 17.8 Å². The molecule has 94 valence electrons. The number of rotatable bonds is 0. The van der Waals surface area contributed by atoms with Gasteiger partial charge in [-0.1, -0.05) is 5.92 Å². The molecule has 0 aromatic rings. The van der Waals surface area contributed by atoms with E-state index in [0.29, 0.717) is 19.5 Å². The van der Waals surface area contributed by atoms with Crippen LogP contribution in [-0.2, 0) is 9.53 Å². The summed E-state index contributed by atoms with van der Waals surface area (Å²) in [6.07, 6.45) is 0.330. The molecule has 1 amide bonds. The summed E-state index contributed by atoms with van der Waals surface area (Å²) in [7, 11) is 0. The molecule has 0 spiro atoms. The van der Waals surface area contributed by atoms with Gasteiger partial charge in [0.05, 0.1) is 0 Å². The second-order valence-corrected chi connectivity index (χ2v) is 4.99. The van der Waals surface area contributed by atoms with E-state index in [-0.39, 0.29) is 12.0 Å². The molecular formula is C12H17NO4. The number of hydrogen-bond donors (Lipinski definition) is 1. The minimum absolute atomic E-state index is 0.0707. The van der Waals surface area contributed by atoms with Crippen LogP contribution < -0.4 is 0 Å². The number of amides is 1. The molecule has 0 aliphatic carbocycles. The van der Waals surface area contributed by atoms with Gasteiger partial charge in [0, 0.05) is 24.9 Å². The number of aliphatic carboxylic acids is 1. The number of ether oxygens (including phenoxy) is 1. The highest BCUT2D eigenvalue weighted by Gasteiger charge is 2.28. The average Bonchev–Trinajstić information content (AvgIpc) is 2.60. The summed E-state index contributed by atoms with van der Waals surface area (Å²) in [4.78, 5) is 23.5. The Balaban J connectivity index is 2.49. The number of nitrogens with zero attached hydrogens (tertiary/aromatic N) is 1. The van der Waals surface area contributed by atoms with E-state index >= 15 is 0 Å². The van der Waals surface area contributed by atoms with Crippen molar-refractivity contribution >= 4 is 12.1 Å². The zero-order chi connectivity index (χ0) is 13.1. The summed E-state index contributed by atoms with van der Waals surface area (Å²) in [5, 5.41) is 8.42. The third-order valence-corrected chi connectivity index (χ3v) is 2.22. The predicted molar refractivity (Wildman–Crippen MR) is 61.3 cm³/mol. The molecule has 1 aliphatic rings. The van der Waals surface area contributed by atoms with E-state index in [1.807, 2.05) is 20.8 Å². The summed E-state index contributed by atoms with van der Waals surface area (Å²) < 4.78 is 5.22. The Morgan fingerprint density at radius 2 is 2.06 bits per heavy atom. The molecule has 1 unspecified atom stereocenters. The van der Waals surface area contributed by atoms with Gasteiger partial charge in [-0.25, -0.2) is 9.59 Å². The van der Waals surface area contributed by atoms with E-state index in [4.69, 9.17) is 9.84 Å². The zero-order valence-electron chi connectivity index (χ0n) is 10.3. The van der Waals surface area contributed by atoms with Crippen molar-refractivity contribution in [3.63, 3.8) is 0 Å². The monoisotopic (exact) mass is 239 g/mol. The molecular weight excluding hydrogens is 222 g/mol. The minimum atomic E-state index is -1.14. The molecule has 1 N–H and O–H groups in total. The Hall–Kier alpha value is -1.70. The Morgan fingerprint density at radius 3 is 2.59 bits per heavy atom. The Morgan fingerprint density at radius 1 is 1.41 bits per heavy atom. The first-order valence-corrected chi connectivity index (χ1v) is 5.50. The Kier molecular flexibility index (Phi) is 4.00. The largest absolute Gasteiger partial charge is 0.472 e. The topological polar surface area (TPSA) is 66.8 Å². The van der Waals surface area contributed by atoms with E-state index in [9.17, 15) is 9.59 Å². The number of carboxylic acid groups (broad SMARTS) is 1. The highest BCUT2D eigenvalue weighted by atomic mass is 16.6. The fraction of sp³-hybridized carbons (Fsp3) is 0.667. The van der Waals surface area contributed by atoms with E-state index in [2.05, 4.69) is 11.8 Å². The van der Waals surface area contributed by atoms with Gasteiger partial charge in [-0.05, 0) is 27.2 Å². The zero-order valence-corrected chi connectivity index (χ0v) is 10.3. The number of carbonyl (C=O) groups excluding carboxylic acids is 1. The van der Waals surface area contributed by atoms with Crippen molar-refractivity contribution in [1.82, 2.24) is 4.90 Å². The summed E-state index contributed by atoms with van der Waals surface area (Å²) in [6.45, 7) is 6.43. The molecule has 5 heteroatoms. The average molecular weight is 239 g/mol. The predicted octanol–water partition coefficient (Wildman–Crippen LogP) is 1.33. The molecule has 17 heavy (non-hydrogen) atoms. The smallest absolute Gasteiger partial charge is 0.410 e. The second-order valence-electron chi connectivity index (χ2n) is 4.99. The van der Waals surface area contributed by atoms with Gasteiger partial charge in [0.15, 0.2) is 0 Å². The van der Waals surface area contributed by atoms with E-state index < -0.39 is 11.6 Å². The summed E-state index contributed by atoms with van der Waals surface area (Å²) in [5.74, 6) is 3.50.